The standard InChI is InChI=1S/C14H16Cl2N2O2/c15-10-3-4-12(16)11(6-10)13(19)8-18-5-1-2-9(7-18)14(17)20/h3-4,6,9H,1-2,5,7-8H2,(H2,17,20). The Morgan fingerprint density at radius 1 is 1.35 bits per heavy atom. The van der Waals surface area contributed by atoms with Crippen LogP contribution < -0.4 is 5.73 Å². The Hall–Kier alpha value is -1.10. The highest BCUT2D eigenvalue weighted by molar-refractivity contribution is 6.36. The van der Waals surface area contributed by atoms with Crippen molar-refractivity contribution in [2.45, 2.75) is 12.8 Å². The lowest BCUT2D eigenvalue weighted by Gasteiger charge is -2.30. The normalized spacial score (nSPS) is 19.8. The van der Waals surface area contributed by atoms with E-state index in [0.29, 0.717) is 22.2 Å². The minimum atomic E-state index is -0.303. The van der Waals surface area contributed by atoms with E-state index < -0.39 is 0 Å². The molecule has 1 atom stereocenters. The number of amides is 1. The van der Waals surface area contributed by atoms with Gasteiger partial charge in [0.1, 0.15) is 0 Å². The number of hydrogen-bond donors (Lipinski definition) is 1. The van der Waals surface area contributed by atoms with Crippen molar-refractivity contribution in [2.75, 3.05) is 19.6 Å². The summed E-state index contributed by atoms with van der Waals surface area (Å²) < 4.78 is 0. The van der Waals surface area contributed by atoms with E-state index in [-0.39, 0.29) is 24.2 Å². The van der Waals surface area contributed by atoms with Crippen molar-refractivity contribution in [3.63, 3.8) is 0 Å². The third kappa shape index (κ3) is 3.72. The molecule has 1 saturated heterocycles. The van der Waals surface area contributed by atoms with Crippen molar-refractivity contribution < 1.29 is 9.59 Å². The first kappa shape index (κ1) is 15.3. The van der Waals surface area contributed by atoms with Crippen molar-refractivity contribution >= 4 is 34.9 Å². The van der Waals surface area contributed by atoms with E-state index >= 15 is 0 Å². The summed E-state index contributed by atoms with van der Waals surface area (Å²) in [5.74, 6) is -0.572. The number of nitrogens with zero attached hydrogens (tertiary/aromatic N) is 1. The maximum atomic E-state index is 12.3. The van der Waals surface area contributed by atoms with Crippen LogP contribution in [-0.4, -0.2) is 36.2 Å². The molecule has 1 heterocycles. The number of halogens is 2. The minimum absolute atomic E-state index is 0.0948. The highest BCUT2D eigenvalue weighted by Gasteiger charge is 2.25. The third-order valence-corrected chi connectivity index (χ3v) is 4.07. The van der Waals surface area contributed by atoms with Gasteiger partial charge in [0.25, 0.3) is 0 Å². The second-order valence-corrected chi connectivity index (χ2v) is 5.87. The molecule has 1 fully saturated rings. The Kier molecular flexibility index (Phi) is 5.02. The molecule has 1 aromatic carbocycles. The van der Waals surface area contributed by atoms with Gasteiger partial charge < -0.3 is 5.73 Å². The zero-order valence-corrected chi connectivity index (χ0v) is 12.5. The largest absolute Gasteiger partial charge is 0.369 e. The first-order chi connectivity index (χ1) is 9.47. The first-order valence-corrected chi connectivity index (χ1v) is 7.23. The Morgan fingerprint density at radius 3 is 2.80 bits per heavy atom. The summed E-state index contributed by atoms with van der Waals surface area (Å²) in [5.41, 5.74) is 5.74. The van der Waals surface area contributed by atoms with Crippen LogP contribution in [0.1, 0.15) is 23.2 Å². The fourth-order valence-corrected chi connectivity index (χ4v) is 2.83. The monoisotopic (exact) mass is 314 g/mol. The molecule has 0 aliphatic carbocycles. The van der Waals surface area contributed by atoms with Crippen LogP contribution >= 0.6 is 23.2 Å². The summed E-state index contributed by atoms with van der Waals surface area (Å²) in [4.78, 5) is 25.4. The van der Waals surface area contributed by atoms with E-state index in [1.54, 1.807) is 18.2 Å². The second-order valence-electron chi connectivity index (χ2n) is 5.02. The lowest BCUT2D eigenvalue weighted by atomic mass is 9.97. The van der Waals surface area contributed by atoms with Crippen LogP contribution in [0.25, 0.3) is 0 Å². The molecule has 108 valence electrons. The Bertz CT molecular complexity index is 534. The molecule has 0 aromatic heterocycles. The van der Waals surface area contributed by atoms with Crippen LogP contribution in [0.3, 0.4) is 0 Å². The second kappa shape index (κ2) is 6.57. The van der Waals surface area contributed by atoms with Gasteiger partial charge in [0, 0.05) is 17.1 Å². The average molecular weight is 315 g/mol. The lowest BCUT2D eigenvalue weighted by molar-refractivity contribution is -0.123. The van der Waals surface area contributed by atoms with Gasteiger partial charge in [-0.2, -0.15) is 0 Å². The van der Waals surface area contributed by atoms with Crippen LogP contribution in [0.5, 0.6) is 0 Å². The quantitative estimate of drug-likeness (QED) is 0.868. The van der Waals surface area contributed by atoms with Gasteiger partial charge >= 0.3 is 0 Å². The predicted octanol–water partition coefficient (Wildman–Crippen LogP) is 2.37. The summed E-state index contributed by atoms with van der Waals surface area (Å²) in [5, 5.41) is 0.870. The zero-order valence-electron chi connectivity index (χ0n) is 10.9. The molecule has 4 nitrogen and oxygen atoms in total. The van der Waals surface area contributed by atoms with E-state index in [0.717, 1.165) is 19.4 Å². The molecule has 1 aliphatic rings. The number of carbonyl (C=O) groups is 2. The van der Waals surface area contributed by atoms with E-state index in [2.05, 4.69) is 0 Å². The van der Waals surface area contributed by atoms with Gasteiger partial charge in [-0.25, -0.2) is 0 Å². The molecular weight excluding hydrogens is 299 g/mol. The summed E-state index contributed by atoms with van der Waals surface area (Å²) in [6, 6.07) is 4.83. The molecule has 1 aromatic rings. The van der Waals surface area contributed by atoms with Gasteiger partial charge in [-0.3, -0.25) is 14.5 Å². The topological polar surface area (TPSA) is 63.4 Å². The fraction of sp³-hybridized carbons (Fsp3) is 0.429. The highest BCUT2D eigenvalue weighted by Crippen LogP contribution is 2.22. The van der Waals surface area contributed by atoms with Crippen LogP contribution in [0.2, 0.25) is 10.0 Å². The predicted molar refractivity (Wildman–Crippen MR) is 79.2 cm³/mol. The number of nitrogens with two attached hydrogens (primary N) is 1. The number of hydrogen-bond acceptors (Lipinski definition) is 3. The van der Waals surface area contributed by atoms with E-state index in [4.69, 9.17) is 28.9 Å². The van der Waals surface area contributed by atoms with E-state index in [1.165, 1.54) is 0 Å². The van der Waals surface area contributed by atoms with E-state index in [9.17, 15) is 9.59 Å². The SMILES string of the molecule is NC(=O)C1CCCN(CC(=O)c2cc(Cl)ccc2Cl)C1. The lowest BCUT2D eigenvalue weighted by Crippen LogP contribution is -2.43. The minimum Gasteiger partial charge on any atom is -0.369 e. The maximum Gasteiger partial charge on any atom is 0.221 e. The molecule has 20 heavy (non-hydrogen) atoms. The molecule has 1 amide bonds. The smallest absolute Gasteiger partial charge is 0.221 e. The fourth-order valence-electron chi connectivity index (χ4n) is 2.43. The molecule has 0 spiro atoms. The van der Waals surface area contributed by atoms with Gasteiger partial charge in [0.15, 0.2) is 5.78 Å². The molecular formula is C14H16Cl2N2O2. The number of Topliss-reactive ketones (excluding diaryl/α,β-unsaturated/α-hetero) is 1. The van der Waals surface area contributed by atoms with Gasteiger partial charge in [0.05, 0.1) is 17.5 Å². The maximum absolute atomic E-state index is 12.3. The summed E-state index contributed by atoms with van der Waals surface area (Å²) >= 11 is 11.9. The van der Waals surface area contributed by atoms with Crippen LogP contribution in [0.4, 0.5) is 0 Å². The van der Waals surface area contributed by atoms with E-state index in [1.807, 2.05) is 4.90 Å². The van der Waals surface area contributed by atoms with Crippen molar-refractivity contribution in [3.05, 3.63) is 33.8 Å². The Morgan fingerprint density at radius 2 is 2.10 bits per heavy atom. The molecule has 0 saturated carbocycles. The summed E-state index contributed by atoms with van der Waals surface area (Å²) in [6.45, 7) is 1.54. The van der Waals surface area contributed by atoms with Gasteiger partial charge in [-0.05, 0) is 37.6 Å². The molecule has 6 heteroatoms. The number of rotatable bonds is 4. The van der Waals surface area contributed by atoms with Gasteiger partial charge in [-0.1, -0.05) is 23.2 Å². The average Bonchev–Trinajstić information content (AvgIpc) is 2.41. The first-order valence-electron chi connectivity index (χ1n) is 6.47. The zero-order chi connectivity index (χ0) is 14.7. The molecule has 0 bridgehead atoms. The van der Waals surface area contributed by atoms with Crippen LogP contribution in [0, 0.1) is 5.92 Å². The number of piperidine rings is 1. The molecule has 0 radical (unpaired) electrons. The molecule has 1 aliphatic heterocycles. The number of primary amides is 1. The molecule has 1 unspecified atom stereocenters. The van der Waals surface area contributed by atoms with Crippen molar-refractivity contribution in [1.29, 1.82) is 0 Å². The van der Waals surface area contributed by atoms with Crippen molar-refractivity contribution in [2.24, 2.45) is 11.7 Å². The molecule has 2 N–H and O–H groups in total. The van der Waals surface area contributed by atoms with Crippen LogP contribution in [-0.2, 0) is 4.79 Å². The van der Waals surface area contributed by atoms with Gasteiger partial charge in [0.2, 0.25) is 5.91 Å². The van der Waals surface area contributed by atoms with Crippen LogP contribution in [0.15, 0.2) is 18.2 Å². The number of likely N-dealkylation sites (tertiary alicyclic amines) is 1. The number of ketones is 1. The number of benzene rings is 1. The third-order valence-electron chi connectivity index (χ3n) is 3.50. The summed E-state index contributed by atoms with van der Waals surface area (Å²) in [6.07, 6.45) is 1.65. The van der Waals surface area contributed by atoms with Gasteiger partial charge in [-0.15, -0.1) is 0 Å². The highest BCUT2D eigenvalue weighted by atomic mass is 35.5. The Balaban J connectivity index is 2.04. The summed E-state index contributed by atoms with van der Waals surface area (Å²) in [7, 11) is 0. The Labute approximate surface area is 127 Å². The molecule has 2 rings (SSSR count). The van der Waals surface area contributed by atoms with Crippen molar-refractivity contribution in [1.82, 2.24) is 4.90 Å². The van der Waals surface area contributed by atoms with Crippen molar-refractivity contribution in [3.8, 4) is 0 Å². The number of carbonyl (C=O) groups excluding carboxylic acids is 2.